The number of aromatic hydroxyl groups is 1. The van der Waals surface area contributed by atoms with E-state index in [-0.39, 0.29) is 11.2 Å². The van der Waals surface area contributed by atoms with E-state index in [1.54, 1.807) is 18.2 Å². The van der Waals surface area contributed by atoms with Gasteiger partial charge < -0.3 is 14.9 Å². The molecule has 0 saturated carbocycles. The maximum Gasteiger partial charge on any atom is 0.324 e. The first-order valence-electron chi connectivity index (χ1n) is 6.19. The van der Waals surface area contributed by atoms with E-state index in [9.17, 15) is 4.79 Å². The van der Waals surface area contributed by atoms with Gasteiger partial charge in [0.1, 0.15) is 11.5 Å². The fraction of sp³-hybridized carbons (Fsp3) is 0.286. The Bertz CT molecular complexity index is 597. The monoisotopic (exact) mass is 275 g/mol. The number of rotatable bonds is 2. The second-order valence-corrected chi connectivity index (χ2v) is 5.45. The van der Waals surface area contributed by atoms with E-state index in [0.29, 0.717) is 17.3 Å². The van der Waals surface area contributed by atoms with E-state index >= 15 is 0 Å². The Balaban J connectivity index is 1.98. The summed E-state index contributed by atoms with van der Waals surface area (Å²) in [6.07, 6.45) is 0. The van der Waals surface area contributed by atoms with E-state index in [1.165, 1.54) is 12.1 Å². The molecule has 6 heteroatoms. The summed E-state index contributed by atoms with van der Waals surface area (Å²) >= 11 is 0. The maximum atomic E-state index is 11.8. The van der Waals surface area contributed by atoms with E-state index < -0.39 is 6.03 Å². The predicted molar refractivity (Wildman–Crippen MR) is 76.0 cm³/mol. The minimum atomic E-state index is -0.426. The van der Waals surface area contributed by atoms with Gasteiger partial charge in [-0.05, 0) is 24.3 Å². The molecule has 2 amide bonds. The second-order valence-electron chi connectivity index (χ2n) is 5.45. The summed E-state index contributed by atoms with van der Waals surface area (Å²) in [6.45, 7) is 5.98. The van der Waals surface area contributed by atoms with Gasteiger partial charge in [0, 0.05) is 17.2 Å². The molecule has 6 nitrogen and oxygen atoms in total. The highest BCUT2D eigenvalue weighted by molar-refractivity contribution is 5.99. The van der Waals surface area contributed by atoms with E-state index in [2.05, 4.69) is 15.8 Å². The zero-order valence-corrected chi connectivity index (χ0v) is 11.6. The van der Waals surface area contributed by atoms with Gasteiger partial charge in [-0.3, -0.25) is 5.32 Å². The molecule has 0 atom stereocenters. The molecular weight excluding hydrogens is 258 g/mol. The summed E-state index contributed by atoms with van der Waals surface area (Å²) in [5, 5.41) is 18.1. The average Bonchev–Trinajstić information content (AvgIpc) is 2.80. The van der Waals surface area contributed by atoms with Crippen LogP contribution < -0.4 is 10.6 Å². The van der Waals surface area contributed by atoms with Crippen molar-refractivity contribution in [1.29, 1.82) is 0 Å². The Labute approximate surface area is 116 Å². The molecule has 0 saturated heterocycles. The highest BCUT2D eigenvalue weighted by Gasteiger charge is 2.20. The van der Waals surface area contributed by atoms with Crippen LogP contribution in [0.25, 0.3) is 0 Å². The largest absolute Gasteiger partial charge is 0.508 e. The molecular formula is C14H17N3O3. The lowest BCUT2D eigenvalue weighted by Crippen LogP contribution is -2.19. The number of nitrogens with zero attached hydrogens (tertiary/aromatic N) is 1. The summed E-state index contributed by atoms with van der Waals surface area (Å²) < 4.78 is 5.17. The van der Waals surface area contributed by atoms with Crippen LogP contribution in [-0.2, 0) is 5.41 Å². The number of carbonyl (C=O) groups excluding carboxylic acids is 1. The normalized spacial score (nSPS) is 11.2. The standard InChI is InChI=1S/C14H17N3O3/c1-14(2,3)11-8-12(17-20-11)16-13(19)15-9-4-6-10(18)7-5-9/h4-8,18H,1-3H3,(H2,15,16,17,19). The third-order valence-corrected chi connectivity index (χ3v) is 2.62. The van der Waals surface area contributed by atoms with Crippen LogP contribution >= 0.6 is 0 Å². The van der Waals surface area contributed by atoms with Crippen LogP contribution in [0.3, 0.4) is 0 Å². The quantitative estimate of drug-likeness (QED) is 0.734. The molecule has 0 bridgehead atoms. The van der Waals surface area contributed by atoms with Crippen LogP contribution in [0.15, 0.2) is 34.9 Å². The van der Waals surface area contributed by atoms with Gasteiger partial charge in [0.05, 0.1) is 0 Å². The number of hydrogen-bond acceptors (Lipinski definition) is 4. The lowest BCUT2D eigenvalue weighted by atomic mass is 9.93. The summed E-state index contributed by atoms with van der Waals surface area (Å²) in [4.78, 5) is 11.8. The smallest absolute Gasteiger partial charge is 0.324 e. The Morgan fingerprint density at radius 1 is 1.20 bits per heavy atom. The minimum Gasteiger partial charge on any atom is -0.508 e. The predicted octanol–water partition coefficient (Wildman–Crippen LogP) is 3.32. The van der Waals surface area contributed by atoms with Gasteiger partial charge in [-0.25, -0.2) is 4.79 Å². The number of phenolic OH excluding ortho intramolecular Hbond substituents is 1. The molecule has 1 heterocycles. The van der Waals surface area contributed by atoms with Crippen molar-refractivity contribution < 1.29 is 14.4 Å². The zero-order valence-electron chi connectivity index (χ0n) is 11.6. The van der Waals surface area contributed by atoms with Crippen LogP contribution in [0.1, 0.15) is 26.5 Å². The summed E-state index contributed by atoms with van der Waals surface area (Å²) in [5.74, 6) is 1.19. The topological polar surface area (TPSA) is 87.4 Å². The van der Waals surface area contributed by atoms with E-state index in [4.69, 9.17) is 9.63 Å². The third kappa shape index (κ3) is 3.50. The number of carbonyl (C=O) groups is 1. The molecule has 1 aromatic carbocycles. The van der Waals surface area contributed by atoms with Gasteiger partial charge in [-0.2, -0.15) is 0 Å². The molecule has 2 aromatic rings. The molecule has 20 heavy (non-hydrogen) atoms. The van der Waals surface area contributed by atoms with Crippen LogP contribution in [-0.4, -0.2) is 16.3 Å². The van der Waals surface area contributed by atoms with Crippen molar-refractivity contribution in [3.63, 3.8) is 0 Å². The molecule has 2 rings (SSSR count). The van der Waals surface area contributed by atoms with Crippen molar-refractivity contribution >= 4 is 17.5 Å². The molecule has 0 fully saturated rings. The Kier molecular flexibility index (Phi) is 3.65. The van der Waals surface area contributed by atoms with Gasteiger partial charge in [0.15, 0.2) is 5.82 Å². The first-order chi connectivity index (χ1) is 9.34. The minimum absolute atomic E-state index is 0.141. The molecule has 0 radical (unpaired) electrons. The van der Waals surface area contributed by atoms with Crippen molar-refractivity contribution in [3.8, 4) is 5.75 Å². The number of urea groups is 1. The number of nitrogens with one attached hydrogen (secondary N) is 2. The number of anilines is 2. The summed E-state index contributed by atoms with van der Waals surface area (Å²) in [5.41, 5.74) is 0.403. The number of hydrogen-bond donors (Lipinski definition) is 3. The number of amides is 2. The third-order valence-electron chi connectivity index (χ3n) is 2.62. The first-order valence-corrected chi connectivity index (χ1v) is 6.19. The Morgan fingerprint density at radius 3 is 2.40 bits per heavy atom. The number of benzene rings is 1. The van der Waals surface area contributed by atoms with Crippen LogP contribution in [0.2, 0.25) is 0 Å². The molecule has 106 valence electrons. The van der Waals surface area contributed by atoms with Crippen LogP contribution in [0.5, 0.6) is 5.75 Å². The van der Waals surface area contributed by atoms with Crippen molar-refractivity contribution in [1.82, 2.24) is 5.16 Å². The first kappa shape index (κ1) is 13.9. The number of phenols is 1. The fourth-order valence-corrected chi connectivity index (χ4v) is 1.51. The average molecular weight is 275 g/mol. The van der Waals surface area contributed by atoms with Crippen molar-refractivity contribution in [3.05, 3.63) is 36.1 Å². The van der Waals surface area contributed by atoms with Crippen molar-refractivity contribution in [2.24, 2.45) is 0 Å². The molecule has 0 unspecified atom stereocenters. The zero-order chi connectivity index (χ0) is 14.8. The fourth-order valence-electron chi connectivity index (χ4n) is 1.51. The number of aromatic nitrogens is 1. The highest BCUT2D eigenvalue weighted by atomic mass is 16.5. The summed E-state index contributed by atoms with van der Waals surface area (Å²) in [7, 11) is 0. The highest BCUT2D eigenvalue weighted by Crippen LogP contribution is 2.24. The lowest BCUT2D eigenvalue weighted by molar-refractivity contribution is 0.262. The molecule has 1 aromatic heterocycles. The summed E-state index contributed by atoms with van der Waals surface area (Å²) in [6, 6.07) is 7.43. The van der Waals surface area contributed by atoms with Gasteiger partial charge in [-0.15, -0.1) is 0 Å². The molecule has 0 aliphatic heterocycles. The van der Waals surface area contributed by atoms with Gasteiger partial charge in [0.25, 0.3) is 0 Å². The van der Waals surface area contributed by atoms with Gasteiger partial charge in [0.2, 0.25) is 0 Å². The van der Waals surface area contributed by atoms with Crippen molar-refractivity contribution in [2.75, 3.05) is 10.6 Å². The molecule has 0 spiro atoms. The maximum absolute atomic E-state index is 11.8. The Hall–Kier alpha value is -2.50. The van der Waals surface area contributed by atoms with E-state index in [1.807, 2.05) is 20.8 Å². The SMILES string of the molecule is CC(C)(C)c1cc(NC(=O)Nc2ccc(O)cc2)no1. The second kappa shape index (κ2) is 5.24. The van der Waals surface area contributed by atoms with E-state index in [0.717, 1.165) is 0 Å². The molecule has 3 N–H and O–H groups in total. The van der Waals surface area contributed by atoms with Gasteiger partial charge >= 0.3 is 6.03 Å². The van der Waals surface area contributed by atoms with Crippen molar-refractivity contribution in [2.45, 2.75) is 26.2 Å². The van der Waals surface area contributed by atoms with Crippen LogP contribution in [0.4, 0.5) is 16.3 Å². The molecule has 0 aliphatic carbocycles. The molecule has 0 aliphatic rings. The lowest BCUT2D eigenvalue weighted by Gasteiger charge is -2.12. The van der Waals surface area contributed by atoms with Crippen LogP contribution in [0, 0.1) is 0 Å². The Morgan fingerprint density at radius 2 is 1.85 bits per heavy atom. The van der Waals surface area contributed by atoms with Gasteiger partial charge in [-0.1, -0.05) is 25.9 Å².